The normalized spacial score (nSPS) is 23.9. The second-order valence-electron chi connectivity index (χ2n) is 5.44. The minimum Gasteiger partial charge on any atom is -0.294 e. The van der Waals surface area contributed by atoms with Crippen LogP contribution in [-0.4, -0.2) is 5.78 Å². The predicted molar refractivity (Wildman–Crippen MR) is 76.3 cm³/mol. The lowest BCUT2D eigenvalue weighted by Crippen LogP contribution is -2.27. The zero-order valence-electron chi connectivity index (χ0n) is 11.2. The van der Waals surface area contributed by atoms with Crippen molar-refractivity contribution in [1.29, 1.82) is 0 Å². The Balaban J connectivity index is 2.23. The summed E-state index contributed by atoms with van der Waals surface area (Å²) in [6, 6.07) is 5.68. The van der Waals surface area contributed by atoms with E-state index in [1.165, 1.54) is 19.3 Å². The first-order valence-electron chi connectivity index (χ1n) is 6.93. The van der Waals surface area contributed by atoms with Gasteiger partial charge in [-0.25, -0.2) is 0 Å². The molecule has 0 spiro atoms. The number of halogens is 1. The number of carbonyl (C=O) groups is 1. The average Bonchev–Trinajstić information content (AvgIpc) is 2.36. The van der Waals surface area contributed by atoms with Crippen LogP contribution in [0.2, 0.25) is 5.02 Å². The highest BCUT2D eigenvalue weighted by molar-refractivity contribution is 6.31. The van der Waals surface area contributed by atoms with Crippen LogP contribution in [0, 0.1) is 18.8 Å². The topological polar surface area (TPSA) is 17.1 Å². The molecule has 2 rings (SSSR count). The Labute approximate surface area is 115 Å². The SMILES string of the molecule is CCC1CCCCC1C(=O)c1cc(C)cc(Cl)c1. The number of aryl methyl sites for hydroxylation is 1. The van der Waals surface area contributed by atoms with Crippen LogP contribution in [0.25, 0.3) is 0 Å². The van der Waals surface area contributed by atoms with Crippen molar-refractivity contribution in [2.24, 2.45) is 11.8 Å². The van der Waals surface area contributed by atoms with E-state index >= 15 is 0 Å². The van der Waals surface area contributed by atoms with E-state index in [1.54, 1.807) is 0 Å². The third-order valence-electron chi connectivity index (χ3n) is 4.10. The smallest absolute Gasteiger partial charge is 0.166 e. The Bertz CT molecular complexity index is 418. The van der Waals surface area contributed by atoms with E-state index in [-0.39, 0.29) is 5.92 Å². The Morgan fingerprint density at radius 3 is 2.67 bits per heavy atom. The minimum atomic E-state index is 0.210. The van der Waals surface area contributed by atoms with Gasteiger partial charge in [0.1, 0.15) is 0 Å². The summed E-state index contributed by atoms with van der Waals surface area (Å²) in [7, 11) is 0. The van der Waals surface area contributed by atoms with Crippen molar-refractivity contribution in [1.82, 2.24) is 0 Å². The van der Waals surface area contributed by atoms with E-state index in [4.69, 9.17) is 11.6 Å². The summed E-state index contributed by atoms with van der Waals surface area (Å²) < 4.78 is 0. The summed E-state index contributed by atoms with van der Waals surface area (Å²) in [5.41, 5.74) is 1.86. The summed E-state index contributed by atoms with van der Waals surface area (Å²) in [5, 5.41) is 0.669. The minimum absolute atomic E-state index is 0.210. The quantitative estimate of drug-likeness (QED) is 0.699. The zero-order chi connectivity index (χ0) is 13.1. The number of carbonyl (C=O) groups excluding carboxylic acids is 1. The van der Waals surface area contributed by atoms with Gasteiger partial charge in [-0.05, 0) is 49.4 Å². The Kier molecular flexibility index (Phi) is 4.45. The largest absolute Gasteiger partial charge is 0.294 e. The van der Waals surface area contributed by atoms with Crippen LogP contribution in [0.1, 0.15) is 54.9 Å². The molecule has 0 saturated heterocycles. The maximum atomic E-state index is 12.6. The molecule has 1 fully saturated rings. The number of rotatable bonds is 3. The van der Waals surface area contributed by atoms with Gasteiger partial charge in [0.25, 0.3) is 0 Å². The first kappa shape index (κ1) is 13.6. The highest BCUT2D eigenvalue weighted by Gasteiger charge is 2.30. The van der Waals surface area contributed by atoms with Crippen molar-refractivity contribution >= 4 is 17.4 Å². The van der Waals surface area contributed by atoms with E-state index < -0.39 is 0 Å². The second-order valence-corrected chi connectivity index (χ2v) is 5.88. The van der Waals surface area contributed by atoms with Crippen molar-refractivity contribution in [3.05, 3.63) is 34.3 Å². The lowest BCUT2D eigenvalue weighted by Gasteiger charge is -2.29. The number of hydrogen-bond donors (Lipinski definition) is 0. The van der Waals surface area contributed by atoms with Crippen LogP contribution in [0.3, 0.4) is 0 Å². The molecule has 18 heavy (non-hydrogen) atoms. The molecule has 2 unspecified atom stereocenters. The number of benzene rings is 1. The van der Waals surface area contributed by atoms with Crippen molar-refractivity contribution in [3.63, 3.8) is 0 Å². The van der Waals surface area contributed by atoms with Crippen LogP contribution in [0.5, 0.6) is 0 Å². The van der Waals surface area contributed by atoms with E-state index in [0.717, 1.165) is 24.0 Å². The van der Waals surface area contributed by atoms with E-state index in [1.807, 2.05) is 25.1 Å². The average molecular weight is 265 g/mol. The van der Waals surface area contributed by atoms with Gasteiger partial charge >= 0.3 is 0 Å². The molecule has 98 valence electrons. The molecule has 1 nitrogen and oxygen atoms in total. The summed E-state index contributed by atoms with van der Waals surface area (Å²) in [6.07, 6.45) is 5.81. The van der Waals surface area contributed by atoms with E-state index in [0.29, 0.717) is 16.7 Å². The Morgan fingerprint density at radius 1 is 1.28 bits per heavy atom. The van der Waals surface area contributed by atoms with Gasteiger partial charge < -0.3 is 0 Å². The molecule has 0 bridgehead atoms. The summed E-state index contributed by atoms with van der Waals surface area (Å²) in [6.45, 7) is 4.18. The molecule has 0 radical (unpaired) electrons. The first-order chi connectivity index (χ1) is 8.61. The lowest BCUT2D eigenvalue weighted by molar-refractivity contribution is 0.0820. The molecular weight excluding hydrogens is 244 g/mol. The summed E-state index contributed by atoms with van der Waals surface area (Å²) in [4.78, 5) is 12.6. The van der Waals surface area contributed by atoms with Crippen molar-refractivity contribution < 1.29 is 4.79 Å². The van der Waals surface area contributed by atoms with Gasteiger partial charge in [-0.15, -0.1) is 0 Å². The molecule has 1 saturated carbocycles. The molecule has 0 N–H and O–H groups in total. The van der Waals surface area contributed by atoms with Gasteiger partial charge in [-0.2, -0.15) is 0 Å². The van der Waals surface area contributed by atoms with Gasteiger partial charge in [0, 0.05) is 16.5 Å². The molecule has 1 aliphatic rings. The van der Waals surface area contributed by atoms with E-state index in [2.05, 4.69) is 6.92 Å². The molecule has 1 aromatic rings. The molecule has 0 heterocycles. The van der Waals surface area contributed by atoms with Crippen LogP contribution in [-0.2, 0) is 0 Å². The van der Waals surface area contributed by atoms with Gasteiger partial charge in [0.2, 0.25) is 0 Å². The third-order valence-corrected chi connectivity index (χ3v) is 4.32. The zero-order valence-corrected chi connectivity index (χ0v) is 12.0. The van der Waals surface area contributed by atoms with Crippen LogP contribution < -0.4 is 0 Å². The molecular formula is C16H21ClO. The third kappa shape index (κ3) is 2.95. The van der Waals surface area contributed by atoms with E-state index in [9.17, 15) is 4.79 Å². The molecule has 1 aromatic carbocycles. The van der Waals surface area contributed by atoms with Crippen molar-refractivity contribution in [3.8, 4) is 0 Å². The van der Waals surface area contributed by atoms with Gasteiger partial charge in [0.15, 0.2) is 5.78 Å². The predicted octanol–water partition coefficient (Wildman–Crippen LogP) is 5.05. The Morgan fingerprint density at radius 2 is 2.00 bits per heavy atom. The fraction of sp³-hybridized carbons (Fsp3) is 0.562. The van der Waals surface area contributed by atoms with Gasteiger partial charge in [-0.1, -0.05) is 37.8 Å². The van der Waals surface area contributed by atoms with Crippen LogP contribution in [0.15, 0.2) is 18.2 Å². The van der Waals surface area contributed by atoms with Gasteiger partial charge in [0.05, 0.1) is 0 Å². The highest BCUT2D eigenvalue weighted by atomic mass is 35.5. The molecule has 2 heteroatoms. The maximum Gasteiger partial charge on any atom is 0.166 e. The number of hydrogen-bond acceptors (Lipinski definition) is 1. The molecule has 2 atom stereocenters. The number of ketones is 1. The fourth-order valence-electron chi connectivity index (χ4n) is 3.13. The Hall–Kier alpha value is -0.820. The first-order valence-corrected chi connectivity index (χ1v) is 7.31. The molecule has 1 aliphatic carbocycles. The van der Waals surface area contributed by atoms with Crippen LogP contribution in [0.4, 0.5) is 0 Å². The monoisotopic (exact) mass is 264 g/mol. The second kappa shape index (κ2) is 5.88. The molecule has 0 aromatic heterocycles. The van der Waals surface area contributed by atoms with Crippen LogP contribution >= 0.6 is 11.6 Å². The standard InChI is InChI=1S/C16H21ClO/c1-3-12-6-4-5-7-15(12)16(18)13-8-11(2)9-14(17)10-13/h8-10,12,15H,3-7H2,1-2H3. The highest BCUT2D eigenvalue weighted by Crippen LogP contribution is 2.35. The summed E-state index contributed by atoms with van der Waals surface area (Å²) >= 11 is 6.05. The van der Waals surface area contributed by atoms with Gasteiger partial charge in [-0.3, -0.25) is 4.79 Å². The molecule has 0 amide bonds. The van der Waals surface area contributed by atoms with Crippen molar-refractivity contribution in [2.45, 2.75) is 46.0 Å². The maximum absolute atomic E-state index is 12.6. The number of Topliss-reactive ketones (excluding diaryl/α,β-unsaturated/α-hetero) is 1. The summed E-state index contributed by atoms with van der Waals surface area (Å²) in [5.74, 6) is 1.07. The van der Waals surface area contributed by atoms with Crippen molar-refractivity contribution in [2.75, 3.05) is 0 Å². The molecule has 0 aliphatic heterocycles. The fourth-order valence-corrected chi connectivity index (χ4v) is 3.42. The lowest BCUT2D eigenvalue weighted by atomic mass is 9.74.